The van der Waals surface area contributed by atoms with Crippen molar-refractivity contribution in [1.82, 2.24) is 10.2 Å². The van der Waals surface area contributed by atoms with Gasteiger partial charge in [0.2, 0.25) is 0 Å². The summed E-state index contributed by atoms with van der Waals surface area (Å²) in [6, 6.07) is 17.4. The molecule has 2 aromatic rings. The van der Waals surface area contributed by atoms with Crippen LogP contribution in [0.2, 0.25) is 0 Å². The van der Waals surface area contributed by atoms with Crippen LogP contribution in [0, 0.1) is 0 Å². The molecule has 1 aliphatic rings. The van der Waals surface area contributed by atoms with Crippen molar-refractivity contribution in [3.63, 3.8) is 0 Å². The Hall–Kier alpha value is -2.89. The Morgan fingerprint density at radius 2 is 1.74 bits per heavy atom. The number of nitrogens with one attached hydrogen (secondary N) is 1. The van der Waals surface area contributed by atoms with Crippen LogP contribution in [-0.2, 0) is 0 Å². The maximum atomic E-state index is 10.0. The van der Waals surface area contributed by atoms with Gasteiger partial charge in [0.25, 0.3) is 0 Å². The minimum absolute atomic E-state index is 0.340. The molecule has 1 aliphatic heterocycles. The summed E-state index contributed by atoms with van der Waals surface area (Å²) >= 11 is 0. The number of phenols is 1. The maximum Gasteiger partial charge on any atom is 0.193 e. The number of benzene rings is 2. The van der Waals surface area contributed by atoms with Crippen LogP contribution in [0.3, 0.4) is 0 Å². The van der Waals surface area contributed by atoms with E-state index in [9.17, 15) is 5.11 Å². The minimum atomic E-state index is 0.340. The molecule has 3 rings (SSSR count). The number of rotatable bonds is 6. The molecule has 0 radical (unpaired) electrons. The molecule has 1 fully saturated rings. The minimum Gasteiger partial charge on any atom is -0.506 e. The smallest absolute Gasteiger partial charge is 0.193 e. The van der Waals surface area contributed by atoms with Gasteiger partial charge in [0, 0.05) is 39.8 Å². The van der Waals surface area contributed by atoms with Crippen molar-refractivity contribution >= 4 is 11.6 Å². The molecule has 0 bridgehead atoms. The van der Waals surface area contributed by atoms with Crippen LogP contribution in [0.5, 0.6) is 11.5 Å². The van der Waals surface area contributed by atoms with Crippen molar-refractivity contribution in [3.8, 4) is 11.5 Å². The Kier molecular flexibility index (Phi) is 6.79. The van der Waals surface area contributed by atoms with E-state index in [1.807, 2.05) is 55.6 Å². The van der Waals surface area contributed by atoms with Gasteiger partial charge in [0.05, 0.1) is 12.3 Å². The van der Waals surface area contributed by atoms with Gasteiger partial charge in [0.1, 0.15) is 11.5 Å². The van der Waals surface area contributed by atoms with Gasteiger partial charge in [0.15, 0.2) is 5.96 Å². The summed E-state index contributed by atoms with van der Waals surface area (Å²) in [6.45, 7) is 4.95. The van der Waals surface area contributed by atoms with E-state index in [1.54, 1.807) is 6.07 Å². The highest BCUT2D eigenvalue weighted by atomic mass is 16.5. The number of nitrogens with zero attached hydrogens (tertiary/aromatic N) is 3. The predicted molar refractivity (Wildman–Crippen MR) is 110 cm³/mol. The lowest BCUT2D eigenvalue weighted by Crippen LogP contribution is -2.52. The second-order valence-electron chi connectivity index (χ2n) is 6.45. The third kappa shape index (κ3) is 5.29. The fourth-order valence-corrected chi connectivity index (χ4v) is 3.20. The number of hydrogen-bond acceptors (Lipinski definition) is 4. The number of guanidine groups is 1. The van der Waals surface area contributed by atoms with Crippen molar-refractivity contribution < 1.29 is 9.84 Å². The number of para-hydroxylation sites is 3. The lowest BCUT2D eigenvalue weighted by molar-refractivity contribution is 0.309. The molecule has 0 spiro atoms. The maximum absolute atomic E-state index is 10.0. The van der Waals surface area contributed by atoms with Gasteiger partial charge < -0.3 is 25.0 Å². The van der Waals surface area contributed by atoms with Crippen molar-refractivity contribution in [3.05, 3.63) is 54.6 Å². The van der Waals surface area contributed by atoms with Crippen LogP contribution >= 0.6 is 0 Å². The second-order valence-corrected chi connectivity index (χ2v) is 6.45. The van der Waals surface area contributed by atoms with E-state index in [2.05, 4.69) is 20.1 Å². The lowest BCUT2D eigenvalue weighted by Gasteiger charge is -2.37. The highest BCUT2D eigenvalue weighted by molar-refractivity contribution is 5.80. The Labute approximate surface area is 161 Å². The molecule has 2 N–H and O–H groups in total. The van der Waals surface area contributed by atoms with Gasteiger partial charge in [-0.2, -0.15) is 0 Å². The molecular formula is C21H28N4O2. The molecule has 27 heavy (non-hydrogen) atoms. The fourth-order valence-electron chi connectivity index (χ4n) is 3.20. The van der Waals surface area contributed by atoms with E-state index < -0.39 is 0 Å². The molecule has 0 unspecified atom stereocenters. The molecule has 2 aromatic carbocycles. The fraction of sp³-hybridized carbons (Fsp3) is 0.381. The van der Waals surface area contributed by atoms with E-state index in [1.165, 1.54) is 0 Å². The largest absolute Gasteiger partial charge is 0.506 e. The number of phenolic OH excluding ortho intramolecular Hbond substituents is 1. The summed E-state index contributed by atoms with van der Waals surface area (Å²) in [6.07, 6.45) is 0.908. The van der Waals surface area contributed by atoms with Crippen LogP contribution in [-0.4, -0.2) is 62.3 Å². The number of aliphatic imine (C=N–C) groups is 1. The van der Waals surface area contributed by atoms with Gasteiger partial charge in [-0.3, -0.25) is 4.99 Å². The lowest BCUT2D eigenvalue weighted by atomic mass is 10.2. The van der Waals surface area contributed by atoms with Crippen molar-refractivity contribution in [2.45, 2.75) is 6.42 Å². The van der Waals surface area contributed by atoms with Gasteiger partial charge in [-0.25, -0.2) is 0 Å². The number of aromatic hydroxyl groups is 1. The van der Waals surface area contributed by atoms with E-state index in [-0.39, 0.29) is 0 Å². The van der Waals surface area contributed by atoms with Crippen molar-refractivity contribution in [1.29, 1.82) is 0 Å². The van der Waals surface area contributed by atoms with Crippen LogP contribution in [0.15, 0.2) is 59.6 Å². The van der Waals surface area contributed by atoms with Gasteiger partial charge in [-0.15, -0.1) is 0 Å². The molecule has 1 heterocycles. The van der Waals surface area contributed by atoms with E-state index >= 15 is 0 Å². The summed E-state index contributed by atoms with van der Waals surface area (Å²) in [5, 5.41) is 13.4. The summed E-state index contributed by atoms with van der Waals surface area (Å²) in [5.74, 6) is 2.17. The number of hydrogen-bond donors (Lipinski definition) is 2. The Bertz CT molecular complexity index is 728. The van der Waals surface area contributed by atoms with E-state index in [4.69, 9.17) is 4.74 Å². The van der Waals surface area contributed by atoms with E-state index in [0.717, 1.165) is 56.5 Å². The Balaban J connectivity index is 1.39. The standard InChI is InChI=1S/C21H28N4O2/c1-22-21(23-12-7-17-27-18-8-3-2-4-9-18)25-15-13-24(14-16-25)19-10-5-6-11-20(19)26/h2-6,8-11,26H,7,12-17H2,1H3,(H,22,23). The Morgan fingerprint density at radius 3 is 2.44 bits per heavy atom. The molecule has 0 aliphatic carbocycles. The van der Waals surface area contributed by atoms with Gasteiger partial charge in [-0.1, -0.05) is 30.3 Å². The van der Waals surface area contributed by atoms with Crippen LogP contribution in [0.25, 0.3) is 0 Å². The summed E-state index contributed by atoms with van der Waals surface area (Å²) < 4.78 is 5.72. The van der Waals surface area contributed by atoms with Crippen molar-refractivity contribution in [2.24, 2.45) is 4.99 Å². The topological polar surface area (TPSA) is 60.3 Å². The predicted octanol–water partition coefficient (Wildman–Crippen LogP) is 2.56. The van der Waals surface area contributed by atoms with Crippen molar-refractivity contribution in [2.75, 3.05) is 51.3 Å². The molecule has 0 amide bonds. The average molecular weight is 368 g/mol. The SMILES string of the molecule is CN=C(NCCCOc1ccccc1)N1CCN(c2ccccc2O)CC1. The summed E-state index contributed by atoms with van der Waals surface area (Å²) in [4.78, 5) is 8.88. The zero-order chi connectivity index (χ0) is 18.9. The first kappa shape index (κ1) is 18.9. The molecular weight excluding hydrogens is 340 g/mol. The molecule has 0 saturated carbocycles. The first-order chi connectivity index (χ1) is 13.3. The van der Waals surface area contributed by atoms with Crippen LogP contribution in [0.1, 0.15) is 6.42 Å². The third-order valence-electron chi connectivity index (χ3n) is 4.63. The van der Waals surface area contributed by atoms with Gasteiger partial charge in [-0.05, 0) is 30.7 Å². The third-order valence-corrected chi connectivity index (χ3v) is 4.63. The first-order valence-electron chi connectivity index (χ1n) is 9.44. The Morgan fingerprint density at radius 1 is 1.04 bits per heavy atom. The second kappa shape index (κ2) is 9.71. The number of piperazine rings is 1. The molecule has 144 valence electrons. The molecule has 0 atom stereocenters. The molecule has 6 nitrogen and oxygen atoms in total. The van der Waals surface area contributed by atoms with Crippen LogP contribution in [0.4, 0.5) is 5.69 Å². The number of ether oxygens (including phenoxy) is 1. The van der Waals surface area contributed by atoms with E-state index in [0.29, 0.717) is 12.4 Å². The highest BCUT2D eigenvalue weighted by Gasteiger charge is 2.21. The zero-order valence-corrected chi connectivity index (χ0v) is 15.8. The number of anilines is 1. The highest BCUT2D eigenvalue weighted by Crippen LogP contribution is 2.27. The van der Waals surface area contributed by atoms with Gasteiger partial charge >= 0.3 is 0 Å². The van der Waals surface area contributed by atoms with Crippen LogP contribution < -0.4 is 15.0 Å². The summed E-state index contributed by atoms with van der Waals surface area (Å²) in [5.41, 5.74) is 0.901. The monoisotopic (exact) mass is 368 g/mol. The molecule has 0 aromatic heterocycles. The zero-order valence-electron chi connectivity index (χ0n) is 15.8. The first-order valence-corrected chi connectivity index (χ1v) is 9.44. The normalized spacial score (nSPS) is 14.9. The quantitative estimate of drug-likeness (QED) is 0.466. The average Bonchev–Trinajstić information content (AvgIpc) is 2.72. The molecule has 1 saturated heterocycles. The summed E-state index contributed by atoms with van der Waals surface area (Å²) in [7, 11) is 1.82. The molecule has 6 heteroatoms.